The number of rotatable bonds is 3. The molecule has 0 aliphatic carbocycles. The highest BCUT2D eigenvalue weighted by molar-refractivity contribution is 5.96. The summed E-state index contributed by atoms with van der Waals surface area (Å²) >= 11 is 0. The van der Waals surface area contributed by atoms with E-state index < -0.39 is 0 Å². The van der Waals surface area contributed by atoms with Crippen LogP contribution in [0.25, 0.3) is 0 Å². The van der Waals surface area contributed by atoms with E-state index in [1.165, 1.54) is 6.07 Å². The van der Waals surface area contributed by atoms with Gasteiger partial charge in [-0.3, -0.25) is 4.79 Å². The van der Waals surface area contributed by atoms with Crippen molar-refractivity contribution < 1.29 is 14.6 Å². The van der Waals surface area contributed by atoms with Crippen LogP contribution in [0.4, 0.5) is 0 Å². The molecule has 0 saturated carbocycles. The Morgan fingerprint density at radius 1 is 1.53 bits per heavy atom. The molecule has 1 heterocycles. The van der Waals surface area contributed by atoms with Crippen LogP contribution in [0.3, 0.4) is 0 Å². The minimum Gasteiger partial charge on any atom is -0.507 e. The van der Waals surface area contributed by atoms with Crippen molar-refractivity contribution in [1.29, 1.82) is 0 Å². The van der Waals surface area contributed by atoms with E-state index in [0.29, 0.717) is 18.0 Å². The summed E-state index contributed by atoms with van der Waals surface area (Å²) in [7, 11) is 0. The van der Waals surface area contributed by atoms with Gasteiger partial charge in [-0.15, -0.1) is 0 Å². The largest absolute Gasteiger partial charge is 0.507 e. The number of phenols is 1. The van der Waals surface area contributed by atoms with E-state index in [2.05, 4.69) is 5.32 Å². The van der Waals surface area contributed by atoms with Crippen LogP contribution in [0.15, 0.2) is 24.3 Å². The van der Waals surface area contributed by atoms with Gasteiger partial charge in [-0.25, -0.2) is 0 Å². The van der Waals surface area contributed by atoms with E-state index in [0.717, 1.165) is 13.0 Å². The van der Waals surface area contributed by atoms with E-state index in [4.69, 9.17) is 4.74 Å². The lowest BCUT2D eigenvalue weighted by Gasteiger charge is -2.14. The number of carbonyl (C=O) groups excluding carboxylic acids is 1. The zero-order chi connectivity index (χ0) is 12.3. The van der Waals surface area contributed by atoms with Crippen molar-refractivity contribution >= 4 is 5.91 Å². The van der Waals surface area contributed by atoms with Gasteiger partial charge in [-0.1, -0.05) is 12.1 Å². The Bertz CT molecular complexity index is 405. The molecule has 1 saturated heterocycles. The second kappa shape index (κ2) is 5.19. The highest BCUT2D eigenvalue weighted by atomic mass is 16.5. The molecular formula is C13H17NO3. The van der Waals surface area contributed by atoms with Gasteiger partial charge in [0.15, 0.2) is 0 Å². The maximum atomic E-state index is 11.8. The summed E-state index contributed by atoms with van der Waals surface area (Å²) in [6.07, 6.45) is 1.17. The van der Waals surface area contributed by atoms with Gasteiger partial charge in [0.05, 0.1) is 11.7 Å². The molecule has 1 aliphatic rings. The lowest BCUT2D eigenvalue weighted by atomic mass is 10.0. The Labute approximate surface area is 101 Å². The number of para-hydroxylation sites is 1. The molecule has 2 N–H and O–H groups in total. The van der Waals surface area contributed by atoms with Gasteiger partial charge in [0, 0.05) is 19.1 Å². The second-order valence-corrected chi connectivity index (χ2v) is 4.35. The van der Waals surface area contributed by atoms with Gasteiger partial charge in [0.2, 0.25) is 0 Å². The summed E-state index contributed by atoms with van der Waals surface area (Å²) in [5.74, 6) is 0.146. The Morgan fingerprint density at radius 3 is 2.94 bits per heavy atom. The van der Waals surface area contributed by atoms with Crippen molar-refractivity contribution in [3.8, 4) is 5.75 Å². The van der Waals surface area contributed by atoms with Crippen LogP contribution in [-0.2, 0) is 4.74 Å². The molecule has 0 spiro atoms. The van der Waals surface area contributed by atoms with Gasteiger partial charge < -0.3 is 15.2 Å². The standard InChI is InChI=1S/C13H17NO3/c1-9-10(6-7-17-9)8-14-13(16)11-4-2-3-5-12(11)15/h2-5,9-10,15H,6-8H2,1H3,(H,14,16). The lowest BCUT2D eigenvalue weighted by molar-refractivity contribution is 0.0905. The fourth-order valence-corrected chi connectivity index (χ4v) is 2.03. The van der Waals surface area contributed by atoms with Crippen LogP contribution >= 0.6 is 0 Å². The molecule has 4 nitrogen and oxygen atoms in total. The number of benzene rings is 1. The molecule has 1 aromatic carbocycles. The molecule has 1 fully saturated rings. The molecule has 2 atom stereocenters. The van der Waals surface area contributed by atoms with Gasteiger partial charge in [0.25, 0.3) is 5.91 Å². The van der Waals surface area contributed by atoms with Crippen LogP contribution in [-0.4, -0.2) is 30.3 Å². The summed E-state index contributed by atoms with van der Waals surface area (Å²) < 4.78 is 5.43. The zero-order valence-electron chi connectivity index (χ0n) is 9.85. The lowest BCUT2D eigenvalue weighted by Crippen LogP contribution is -2.31. The van der Waals surface area contributed by atoms with Gasteiger partial charge >= 0.3 is 0 Å². The molecule has 2 unspecified atom stereocenters. The smallest absolute Gasteiger partial charge is 0.255 e. The molecule has 1 amide bonds. The van der Waals surface area contributed by atoms with Crippen molar-refractivity contribution in [3.63, 3.8) is 0 Å². The van der Waals surface area contributed by atoms with E-state index >= 15 is 0 Å². The molecule has 1 aromatic rings. The van der Waals surface area contributed by atoms with E-state index in [9.17, 15) is 9.90 Å². The Balaban J connectivity index is 1.91. The van der Waals surface area contributed by atoms with Crippen molar-refractivity contribution in [3.05, 3.63) is 29.8 Å². The fraction of sp³-hybridized carbons (Fsp3) is 0.462. The summed E-state index contributed by atoms with van der Waals surface area (Å²) in [6.45, 7) is 3.37. The van der Waals surface area contributed by atoms with Crippen LogP contribution in [0, 0.1) is 5.92 Å². The molecule has 1 aliphatic heterocycles. The number of hydrogen-bond donors (Lipinski definition) is 2. The third-order valence-electron chi connectivity index (χ3n) is 3.21. The molecule has 0 bridgehead atoms. The number of phenolic OH excluding ortho intramolecular Hbond substituents is 1. The van der Waals surface area contributed by atoms with Crippen molar-refractivity contribution in [2.24, 2.45) is 5.92 Å². The topological polar surface area (TPSA) is 58.6 Å². The van der Waals surface area contributed by atoms with Crippen LogP contribution in [0.2, 0.25) is 0 Å². The first-order valence-electron chi connectivity index (χ1n) is 5.86. The van der Waals surface area contributed by atoms with Crippen molar-refractivity contribution in [1.82, 2.24) is 5.32 Å². The molecular weight excluding hydrogens is 218 g/mol. The third kappa shape index (κ3) is 2.77. The molecule has 0 aromatic heterocycles. The second-order valence-electron chi connectivity index (χ2n) is 4.35. The molecule has 17 heavy (non-hydrogen) atoms. The number of ether oxygens (including phenoxy) is 1. The van der Waals surface area contributed by atoms with Gasteiger partial charge in [-0.2, -0.15) is 0 Å². The Hall–Kier alpha value is -1.55. The monoisotopic (exact) mass is 235 g/mol. The van der Waals surface area contributed by atoms with E-state index in [-0.39, 0.29) is 17.8 Å². The van der Waals surface area contributed by atoms with E-state index in [1.54, 1.807) is 18.2 Å². The minimum absolute atomic E-state index is 0.0146. The summed E-state index contributed by atoms with van der Waals surface area (Å²) in [4.78, 5) is 11.8. The van der Waals surface area contributed by atoms with Crippen LogP contribution in [0.1, 0.15) is 23.7 Å². The maximum Gasteiger partial charge on any atom is 0.255 e. The van der Waals surface area contributed by atoms with E-state index in [1.807, 2.05) is 6.92 Å². The van der Waals surface area contributed by atoms with Crippen LogP contribution in [0.5, 0.6) is 5.75 Å². The van der Waals surface area contributed by atoms with Gasteiger partial charge in [-0.05, 0) is 25.5 Å². The first-order chi connectivity index (χ1) is 8.18. The summed E-state index contributed by atoms with van der Waals surface area (Å²) in [6, 6.07) is 6.55. The highest BCUT2D eigenvalue weighted by Crippen LogP contribution is 2.20. The summed E-state index contributed by atoms with van der Waals surface area (Å²) in [5.41, 5.74) is 0.319. The Kier molecular flexibility index (Phi) is 3.64. The average Bonchev–Trinajstić information content (AvgIpc) is 2.72. The van der Waals surface area contributed by atoms with Crippen molar-refractivity contribution in [2.45, 2.75) is 19.4 Å². The van der Waals surface area contributed by atoms with Crippen LogP contribution < -0.4 is 5.32 Å². The quantitative estimate of drug-likeness (QED) is 0.835. The molecule has 2 rings (SSSR count). The first kappa shape index (κ1) is 11.9. The molecule has 0 radical (unpaired) electrons. The number of nitrogens with one attached hydrogen (secondary N) is 1. The Morgan fingerprint density at radius 2 is 2.29 bits per heavy atom. The number of amides is 1. The van der Waals surface area contributed by atoms with Crippen molar-refractivity contribution in [2.75, 3.05) is 13.2 Å². The first-order valence-corrected chi connectivity index (χ1v) is 5.86. The molecule has 4 heteroatoms. The predicted octanol–water partition coefficient (Wildman–Crippen LogP) is 1.55. The van der Waals surface area contributed by atoms with Gasteiger partial charge in [0.1, 0.15) is 5.75 Å². The zero-order valence-corrected chi connectivity index (χ0v) is 9.85. The highest BCUT2D eigenvalue weighted by Gasteiger charge is 2.24. The number of aromatic hydroxyl groups is 1. The minimum atomic E-state index is -0.234. The number of hydrogen-bond acceptors (Lipinski definition) is 3. The fourth-order valence-electron chi connectivity index (χ4n) is 2.03. The predicted molar refractivity (Wildman–Crippen MR) is 64.0 cm³/mol. The maximum absolute atomic E-state index is 11.8. The average molecular weight is 235 g/mol. The normalized spacial score (nSPS) is 23.6. The number of carbonyl (C=O) groups is 1. The summed E-state index contributed by atoms with van der Waals surface area (Å²) in [5, 5.41) is 12.4. The third-order valence-corrected chi connectivity index (χ3v) is 3.21. The molecule has 92 valence electrons. The SMILES string of the molecule is CC1OCCC1CNC(=O)c1ccccc1O.